The Morgan fingerprint density at radius 1 is 1.15 bits per heavy atom. The first-order valence-corrected chi connectivity index (χ1v) is 6.36. The molecular weight excluding hydrogens is 276 g/mol. The lowest BCUT2D eigenvalue weighted by Crippen LogP contribution is -2.27. The molecule has 1 heterocycles. The van der Waals surface area contributed by atoms with Crippen molar-refractivity contribution in [2.45, 2.75) is 0 Å². The van der Waals surface area contributed by atoms with Crippen LogP contribution in [0.15, 0.2) is 54.9 Å². The number of nitrogens with zero attached hydrogens (tertiary/aromatic N) is 2. The summed E-state index contributed by atoms with van der Waals surface area (Å²) in [5, 5.41) is 3.27. The van der Waals surface area contributed by atoms with Crippen LogP contribution in [0.5, 0.6) is 0 Å². The van der Waals surface area contributed by atoms with E-state index in [1.165, 1.54) is 0 Å². The van der Waals surface area contributed by atoms with Crippen LogP contribution in [0.2, 0.25) is 5.02 Å². The van der Waals surface area contributed by atoms with Gasteiger partial charge in [-0.15, -0.1) is 0 Å². The number of carbonyl (C=O) groups excluding carboxylic acids is 1. The zero-order valence-corrected chi connectivity index (χ0v) is 11.1. The first kappa shape index (κ1) is 12.5. The smallest absolute Gasteiger partial charge is 0.307 e. The summed E-state index contributed by atoms with van der Waals surface area (Å²) in [5.74, 6) is 0. The van der Waals surface area contributed by atoms with Gasteiger partial charge in [-0.25, -0.2) is 19.9 Å². The largest absolute Gasteiger partial charge is 0.338 e. The highest BCUT2D eigenvalue weighted by Gasteiger charge is 2.06. The predicted octanol–water partition coefficient (Wildman–Crippen LogP) is 3.47. The first-order chi connectivity index (χ1) is 9.72. The Balaban J connectivity index is 1.76. The lowest BCUT2D eigenvalue weighted by Gasteiger charge is -2.09. The first-order valence-electron chi connectivity index (χ1n) is 5.98. The topological polar surface area (TPSA) is 59.0 Å². The molecule has 2 aromatic carbocycles. The number of hydrogen-bond donors (Lipinski definition) is 2. The molecule has 6 heteroatoms. The van der Waals surface area contributed by atoms with Crippen molar-refractivity contribution in [3.05, 3.63) is 59.9 Å². The average molecular weight is 287 g/mol. The number of urea groups is 1. The van der Waals surface area contributed by atoms with E-state index < -0.39 is 0 Å². The van der Waals surface area contributed by atoms with Crippen molar-refractivity contribution in [2.24, 2.45) is 0 Å². The van der Waals surface area contributed by atoms with Crippen LogP contribution in [0.25, 0.3) is 11.0 Å². The van der Waals surface area contributed by atoms with E-state index in [0.29, 0.717) is 10.7 Å². The second-order valence-electron chi connectivity index (χ2n) is 4.18. The summed E-state index contributed by atoms with van der Waals surface area (Å²) >= 11 is 5.86. The number of benzene rings is 2. The number of fused-ring (bicyclic) bond motifs is 1. The fraction of sp³-hybridized carbons (Fsp3) is 0. The van der Waals surface area contributed by atoms with E-state index in [0.717, 1.165) is 11.0 Å². The standard InChI is InChI=1S/C14H11ClN4O/c15-10-4-3-5-11(8-10)17-14(20)18-19-9-16-12-6-1-2-7-13(12)19/h1-9H,(H2,17,18,20). The van der Waals surface area contributed by atoms with Crippen molar-refractivity contribution in [3.63, 3.8) is 0 Å². The Morgan fingerprint density at radius 3 is 2.85 bits per heavy atom. The van der Waals surface area contributed by atoms with E-state index in [2.05, 4.69) is 15.7 Å². The van der Waals surface area contributed by atoms with Gasteiger partial charge in [-0.3, -0.25) is 0 Å². The lowest BCUT2D eigenvalue weighted by atomic mass is 10.3. The van der Waals surface area contributed by atoms with E-state index in [4.69, 9.17) is 11.6 Å². The molecule has 20 heavy (non-hydrogen) atoms. The summed E-state index contributed by atoms with van der Waals surface area (Å²) in [4.78, 5) is 16.1. The van der Waals surface area contributed by atoms with Gasteiger partial charge >= 0.3 is 6.03 Å². The molecule has 0 aliphatic heterocycles. The molecule has 0 saturated heterocycles. The maximum atomic E-state index is 11.9. The Kier molecular flexibility index (Phi) is 3.26. The maximum Gasteiger partial charge on any atom is 0.338 e. The van der Waals surface area contributed by atoms with E-state index in [9.17, 15) is 4.79 Å². The second-order valence-corrected chi connectivity index (χ2v) is 4.62. The number of carbonyl (C=O) groups is 1. The van der Waals surface area contributed by atoms with Crippen molar-refractivity contribution in [3.8, 4) is 0 Å². The van der Waals surface area contributed by atoms with Crippen LogP contribution in [0.4, 0.5) is 10.5 Å². The molecule has 0 saturated carbocycles. The van der Waals surface area contributed by atoms with Gasteiger partial charge in [0.05, 0.1) is 11.0 Å². The lowest BCUT2D eigenvalue weighted by molar-refractivity contribution is 0.260. The molecule has 3 rings (SSSR count). The van der Waals surface area contributed by atoms with Crippen LogP contribution in [0.1, 0.15) is 0 Å². The van der Waals surface area contributed by atoms with Crippen LogP contribution >= 0.6 is 11.6 Å². The van der Waals surface area contributed by atoms with E-state index >= 15 is 0 Å². The predicted molar refractivity (Wildman–Crippen MR) is 79.6 cm³/mol. The third kappa shape index (κ3) is 2.57. The van der Waals surface area contributed by atoms with Crippen LogP contribution < -0.4 is 10.7 Å². The fourth-order valence-corrected chi connectivity index (χ4v) is 2.07. The van der Waals surface area contributed by atoms with Crippen LogP contribution in [0.3, 0.4) is 0 Å². The van der Waals surface area contributed by atoms with E-state index in [1.807, 2.05) is 24.3 Å². The molecule has 0 aliphatic rings. The van der Waals surface area contributed by atoms with Crippen molar-refractivity contribution < 1.29 is 4.79 Å². The van der Waals surface area contributed by atoms with Crippen LogP contribution in [-0.2, 0) is 0 Å². The molecular formula is C14H11ClN4O. The van der Waals surface area contributed by atoms with Gasteiger partial charge in [0.25, 0.3) is 0 Å². The number of anilines is 1. The molecule has 0 radical (unpaired) electrons. The van der Waals surface area contributed by atoms with Crippen molar-refractivity contribution in [1.82, 2.24) is 9.66 Å². The molecule has 0 spiro atoms. The number of imidazole rings is 1. The number of para-hydroxylation sites is 2. The molecule has 1 aromatic heterocycles. The van der Waals surface area contributed by atoms with Crippen LogP contribution in [-0.4, -0.2) is 15.7 Å². The monoisotopic (exact) mass is 286 g/mol. The highest BCUT2D eigenvalue weighted by molar-refractivity contribution is 6.30. The molecule has 0 bridgehead atoms. The Hall–Kier alpha value is -2.53. The summed E-state index contributed by atoms with van der Waals surface area (Å²) in [6, 6.07) is 14.1. The molecule has 2 N–H and O–H groups in total. The summed E-state index contributed by atoms with van der Waals surface area (Å²) in [5.41, 5.74) is 4.96. The number of amides is 2. The third-order valence-electron chi connectivity index (χ3n) is 2.76. The number of halogens is 1. The highest BCUT2D eigenvalue weighted by atomic mass is 35.5. The van der Waals surface area contributed by atoms with Gasteiger partial charge in [0.2, 0.25) is 0 Å². The Morgan fingerprint density at radius 2 is 2.00 bits per heavy atom. The van der Waals surface area contributed by atoms with Gasteiger partial charge in [-0.05, 0) is 30.3 Å². The van der Waals surface area contributed by atoms with E-state index in [1.54, 1.807) is 35.3 Å². The number of aromatic nitrogens is 2. The molecule has 5 nitrogen and oxygen atoms in total. The second kappa shape index (κ2) is 5.22. The summed E-state index contributed by atoms with van der Waals surface area (Å²) in [7, 11) is 0. The average Bonchev–Trinajstić information content (AvgIpc) is 2.82. The number of nitrogens with one attached hydrogen (secondary N) is 2. The fourth-order valence-electron chi connectivity index (χ4n) is 1.88. The van der Waals surface area contributed by atoms with Gasteiger partial charge in [-0.1, -0.05) is 29.8 Å². The number of hydrogen-bond acceptors (Lipinski definition) is 2. The SMILES string of the molecule is O=C(Nc1cccc(Cl)c1)Nn1cnc2ccccc21. The summed E-state index contributed by atoms with van der Waals surface area (Å²) < 4.78 is 1.56. The van der Waals surface area contributed by atoms with Gasteiger partial charge in [0.15, 0.2) is 0 Å². The molecule has 0 atom stereocenters. The van der Waals surface area contributed by atoms with Crippen LogP contribution in [0, 0.1) is 0 Å². The maximum absolute atomic E-state index is 11.9. The zero-order chi connectivity index (χ0) is 13.9. The van der Waals surface area contributed by atoms with Crippen molar-refractivity contribution in [2.75, 3.05) is 10.7 Å². The third-order valence-corrected chi connectivity index (χ3v) is 2.99. The Labute approximate surface area is 120 Å². The molecule has 0 aliphatic carbocycles. The number of rotatable bonds is 2. The molecule has 0 fully saturated rings. The minimum Gasteiger partial charge on any atom is -0.307 e. The normalized spacial score (nSPS) is 10.4. The van der Waals surface area contributed by atoms with Crippen molar-refractivity contribution >= 4 is 34.4 Å². The molecule has 100 valence electrons. The summed E-state index contributed by atoms with van der Waals surface area (Å²) in [6.07, 6.45) is 1.56. The minimum atomic E-state index is -0.365. The minimum absolute atomic E-state index is 0.365. The van der Waals surface area contributed by atoms with Gasteiger partial charge in [0, 0.05) is 10.7 Å². The van der Waals surface area contributed by atoms with Crippen molar-refractivity contribution in [1.29, 1.82) is 0 Å². The Bertz CT molecular complexity index is 768. The zero-order valence-electron chi connectivity index (χ0n) is 10.4. The van der Waals surface area contributed by atoms with Gasteiger partial charge < -0.3 is 5.32 Å². The summed E-state index contributed by atoms with van der Waals surface area (Å²) in [6.45, 7) is 0. The van der Waals surface area contributed by atoms with E-state index in [-0.39, 0.29) is 6.03 Å². The molecule has 0 unspecified atom stereocenters. The van der Waals surface area contributed by atoms with Gasteiger partial charge in [-0.2, -0.15) is 0 Å². The molecule has 2 amide bonds. The molecule has 3 aromatic rings. The highest BCUT2D eigenvalue weighted by Crippen LogP contribution is 2.15. The quantitative estimate of drug-likeness (QED) is 0.758. The van der Waals surface area contributed by atoms with Gasteiger partial charge in [0.1, 0.15) is 6.33 Å².